The van der Waals surface area contributed by atoms with Gasteiger partial charge in [0.05, 0.1) is 17.6 Å². The van der Waals surface area contributed by atoms with Gasteiger partial charge >= 0.3 is 12.4 Å². The molecule has 0 aliphatic rings. The van der Waals surface area contributed by atoms with E-state index in [1.54, 1.807) is 6.92 Å². The second kappa shape index (κ2) is 9.91. The molecule has 0 fully saturated rings. The van der Waals surface area contributed by atoms with Gasteiger partial charge in [-0.2, -0.15) is 31.4 Å². The molecule has 1 amide bonds. The standard InChI is InChI=1S/C26H18F7N7O/c1-13-2-3-15(19-9-18(25(28,29)30)21-23(34)35-11-37-40(19)21)8-17(13)24(41)38-20-10-39(12-36-20)22(26(31,32)33)14-4-6-16(27)7-5-14/h2-12,22H,1H3,(H,38,41)(H2,34,35,37). The van der Waals surface area contributed by atoms with Crippen molar-refractivity contribution in [3.8, 4) is 11.3 Å². The van der Waals surface area contributed by atoms with E-state index >= 15 is 0 Å². The Labute approximate surface area is 226 Å². The average molecular weight is 577 g/mol. The zero-order chi connectivity index (χ0) is 29.7. The van der Waals surface area contributed by atoms with Crippen LogP contribution in [0.1, 0.15) is 33.1 Å². The molecule has 15 heteroatoms. The van der Waals surface area contributed by atoms with Gasteiger partial charge in [0.1, 0.15) is 17.7 Å². The highest BCUT2D eigenvalue weighted by atomic mass is 19.4. The van der Waals surface area contributed by atoms with E-state index in [0.717, 1.165) is 58.3 Å². The molecule has 0 aliphatic carbocycles. The van der Waals surface area contributed by atoms with Gasteiger partial charge in [-0.1, -0.05) is 24.3 Å². The number of carbonyl (C=O) groups excluding carboxylic acids is 1. The number of hydrogen-bond acceptors (Lipinski definition) is 5. The molecule has 1 atom stereocenters. The predicted octanol–water partition coefficient (Wildman–Crippen LogP) is 6.05. The van der Waals surface area contributed by atoms with E-state index in [1.807, 2.05) is 0 Å². The zero-order valence-electron chi connectivity index (χ0n) is 20.8. The highest BCUT2D eigenvalue weighted by molar-refractivity contribution is 6.05. The quantitative estimate of drug-likeness (QED) is 0.248. The highest BCUT2D eigenvalue weighted by Crippen LogP contribution is 2.39. The molecule has 8 nitrogen and oxygen atoms in total. The molecule has 5 rings (SSSR count). The van der Waals surface area contributed by atoms with E-state index in [0.29, 0.717) is 5.56 Å². The van der Waals surface area contributed by atoms with Crippen LogP contribution in [0, 0.1) is 12.7 Å². The van der Waals surface area contributed by atoms with E-state index in [-0.39, 0.29) is 28.2 Å². The van der Waals surface area contributed by atoms with Gasteiger partial charge in [-0.15, -0.1) is 0 Å². The number of imidazole rings is 1. The van der Waals surface area contributed by atoms with Crippen molar-refractivity contribution in [2.45, 2.75) is 25.3 Å². The molecule has 0 bridgehead atoms. The number of alkyl halides is 6. The summed E-state index contributed by atoms with van der Waals surface area (Å²) in [5.41, 5.74) is 4.54. The Balaban J connectivity index is 1.47. The second-order valence-electron chi connectivity index (χ2n) is 9.03. The molecule has 0 spiro atoms. The second-order valence-corrected chi connectivity index (χ2v) is 9.03. The van der Waals surface area contributed by atoms with Crippen molar-refractivity contribution in [1.82, 2.24) is 24.1 Å². The molecule has 3 N–H and O–H groups in total. The van der Waals surface area contributed by atoms with Crippen molar-refractivity contribution in [2.24, 2.45) is 0 Å². The summed E-state index contributed by atoms with van der Waals surface area (Å²) in [7, 11) is 0. The van der Waals surface area contributed by atoms with Crippen LogP contribution < -0.4 is 11.1 Å². The smallest absolute Gasteiger partial charge is 0.382 e. The number of benzene rings is 2. The lowest BCUT2D eigenvalue weighted by Gasteiger charge is -2.21. The molecular formula is C26H18F7N7O. The van der Waals surface area contributed by atoms with Gasteiger partial charge in [0.2, 0.25) is 0 Å². The molecule has 3 heterocycles. The Hall–Kier alpha value is -4.95. The molecule has 0 saturated heterocycles. The third-order valence-corrected chi connectivity index (χ3v) is 6.30. The number of aryl methyl sites for hydroxylation is 1. The molecule has 1 unspecified atom stereocenters. The van der Waals surface area contributed by atoms with Crippen LogP contribution in [-0.2, 0) is 6.18 Å². The number of carbonyl (C=O) groups is 1. The fraction of sp³-hybridized carbons (Fsp3) is 0.154. The normalized spacial score (nSPS) is 13.0. The summed E-state index contributed by atoms with van der Waals surface area (Å²) in [6.45, 7) is 1.57. The maximum atomic E-state index is 13.9. The summed E-state index contributed by atoms with van der Waals surface area (Å²) in [6.07, 6.45) is -6.71. The number of rotatable bonds is 5. The van der Waals surface area contributed by atoms with Gasteiger partial charge in [0.25, 0.3) is 5.91 Å². The predicted molar refractivity (Wildman–Crippen MR) is 133 cm³/mol. The molecule has 0 saturated carbocycles. The topological polar surface area (TPSA) is 103 Å². The number of nitrogens with zero attached hydrogens (tertiary/aromatic N) is 5. The number of amides is 1. The van der Waals surface area contributed by atoms with Crippen molar-refractivity contribution in [3.63, 3.8) is 0 Å². The van der Waals surface area contributed by atoms with Crippen LogP contribution in [0.3, 0.4) is 0 Å². The largest absolute Gasteiger partial charge is 0.418 e. The number of nitrogens with one attached hydrogen (secondary N) is 1. The summed E-state index contributed by atoms with van der Waals surface area (Å²) in [5, 5.41) is 6.30. The minimum atomic E-state index is -4.77. The molecule has 0 radical (unpaired) electrons. The first-order chi connectivity index (χ1) is 19.2. The lowest BCUT2D eigenvalue weighted by Crippen LogP contribution is -2.26. The van der Waals surface area contributed by atoms with E-state index in [2.05, 4.69) is 20.4 Å². The average Bonchev–Trinajstić information content (AvgIpc) is 3.50. The number of halogens is 7. The number of nitrogens with two attached hydrogens (primary N) is 1. The third kappa shape index (κ3) is 5.29. The van der Waals surface area contributed by atoms with Crippen LogP contribution in [-0.4, -0.2) is 36.2 Å². The SMILES string of the molecule is Cc1ccc(-c2cc(C(F)(F)F)c3c(N)ncnn23)cc1C(=O)Nc1cn(C(c2ccc(F)cc2)C(F)(F)F)cn1. The van der Waals surface area contributed by atoms with Gasteiger partial charge in [0.15, 0.2) is 17.7 Å². The Morgan fingerprint density at radius 1 is 1.00 bits per heavy atom. The highest BCUT2D eigenvalue weighted by Gasteiger charge is 2.42. The first kappa shape index (κ1) is 27.6. The summed E-state index contributed by atoms with van der Waals surface area (Å²) >= 11 is 0. The van der Waals surface area contributed by atoms with E-state index in [1.165, 1.54) is 18.2 Å². The lowest BCUT2D eigenvalue weighted by atomic mass is 10.0. The summed E-state index contributed by atoms with van der Waals surface area (Å²) < 4.78 is 97.7. The molecule has 5 aromatic rings. The maximum absolute atomic E-state index is 13.9. The monoisotopic (exact) mass is 577 g/mol. The third-order valence-electron chi connectivity index (χ3n) is 6.30. The molecular weight excluding hydrogens is 559 g/mol. The fourth-order valence-electron chi connectivity index (χ4n) is 4.42. The van der Waals surface area contributed by atoms with Crippen LogP contribution in [0.5, 0.6) is 0 Å². The summed E-state index contributed by atoms with van der Waals surface area (Å²) in [5.74, 6) is -2.09. The van der Waals surface area contributed by atoms with Crippen LogP contribution in [0.4, 0.5) is 42.4 Å². The zero-order valence-corrected chi connectivity index (χ0v) is 20.8. The van der Waals surface area contributed by atoms with Crippen LogP contribution >= 0.6 is 0 Å². The summed E-state index contributed by atoms with van der Waals surface area (Å²) in [4.78, 5) is 20.6. The maximum Gasteiger partial charge on any atom is 0.418 e. The minimum absolute atomic E-state index is 0.0212. The molecule has 0 aliphatic heterocycles. The van der Waals surface area contributed by atoms with Gasteiger partial charge in [-0.25, -0.2) is 18.9 Å². The van der Waals surface area contributed by atoms with E-state index < -0.39 is 47.0 Å². The van der Waals surface area contributed by atoms with Gasteiger partial charge < -0.3 is 15.6 Å². The Morgan fingerprint density at radius 2 is 1.71 bits per heavy atom. The number of hydrogen-bond donors (Lipinski definition) is 2. The Bertz CT molecular complexity index is 1760. The van der Waals surface area contributed by atoms with E-state index in [9.17, 15) is 35.5 Å². The number of anilines is 2. The van der Waals surface area contributed by atoms with Crippen molar-refractivity contribution in [3.05, 3.63) is 95.5 Å². The van der Waals surface area contributed by atoms with Crippen molar-refractivity contribution >= 4 is 23.1 Å². The number of aromatic nitrogens is 5. The fourth-order valence-corrected chi connectivity index (χ4v) is 4.42. The van der Waals surface area contributed by atoms with Crippen molar-refractivity contribution in [1.29, 1.82) is 0 Å². The molecule has 212 valence electrons. The Morgan fingerprint density at radius 3 is 2.37 bits per heavy atom. The molecule has 41 heavy (non-hydrogen) atoms. The number of fused-ring (bicyclic) bond motifs is 1. The first-order valence-electron chi connectivity index (χ1n) is 11.7. The van der Waals surface area contributed by atoms with Crippen LogP contribution in [0.25, 0.3) is 16.8 Å². The van der Waals surface area contributed by atoms with Crippen molar-refractivity contribution < 1.29 is 35.5 Å². The van der Waals surface area contributed by atoms with Crippen molar-refractivity contribution in [2.75, 3.05) is 11.1 Å². The van der Waals surface area contributed by atoms with Gasteiger partial charge in [-0.05, 0) is 42.3 Å². The lowest BCUT2D eigenvalue weighted by molar-refractivity contribution is -0.156. The summed E-state index contributed by atoms with van der Waals surface area (Å²) in [6, 6.07) is 6.71. The molecule has 3 aromatic heterocycles. The van der Waals surface area contributed by atoms with Gasteiger partial charge in [-0.3, -0.25) is 4.79 Å². The van der Waals surface area contributed by atoms with Gasteiger partial charge in [0, 0.05) is 17.3 Å². The molecule has 2 aromatic carbocycles. The van der Waals surface area contributed by atoms with Crippen LogP contribution in [0.2, 0.25) is 0 Å². The first-order valence-corrected chi connectivity index (χ1v) is 11.7. The minimum Gasteiger partial charge on any atom is -0.382 e. The van der Waals surface area contributed by atoms with E-state index in [4.69, 9.17) is 5.73 Å². The number of nitrogen functional groups attached to an aromatic ring is 1. The van der Waals surface area contributed by atoms with Crippen LogP contribution in [0.15, 0.2) is 67.4 Å². The Kier molecular flexibility index (Phi) is 6.67.